The Labute approximate surface area is 114 Å². The summed E-state index contributed by atoms with van der Waals surface area (Å²) in [5.74, 6) is -0.168. The molecule has 0 aliphatic rings. The molecule has 2 heterocycles. The van der Waals surface area contributed by atoms with Crippen molar-refractivity contribution in [1.82, 2.24) is 25.2 Å². The zero-order valence-corrected chi connectivity index (χ0v) is 11.8. The molecule has 0 bridgehead atoms. The van der Waals surface area contributed by atoms with Gasteiger partial charge in [-0.2, -0.15) is 0 Å². The number of carbonyl (C=O) groups is 1. The van der Waals surface area contributed by atoms with Gasteiger partial charge in [0, 0.05) is 6.20 Å². The van der Waals surface area contributed by atoms with Crippen LogP contribution in [-0.2, 0) is 4.79 Å². The van der Waals surface area contributed by atoms with E-state index < -0.39 is 5.97 Å². The highest BCUT2D eigenvalue weighted by atomic mass is 32.1. The van der Waals surface area contributed by atoms with E-state index in [1.165, 1.54) is 11.3 Å². The van der Waals surface area contributed by atoms with Crippen LogP contribution in [0.25, 0.3) is 10.7 Å². The summed E-state index contributed by atoms with van der Waals surface area (Å²) in [5, 5.41) is 21.5. The van der Waals surface area contributed by atoms with Gasteiger partial charge in [-0.15, -0.1) is 16.4 Å². The van der Waals surface area contributed by atoms with Gasteiger partial charge in [0.15, 0.2) is 5.82 Å². The van der Waals surface area contributed by atoms with Crippen LogP contribution in [0.4, 0.5) is 0 Å². The topological polar surface area (TPSA) is 93.8 Å². The number of thiazole rings is 1. The Morgan fingerprint density at radius 1 is 1.53 bits per heavy atom. The van der Waals surface area contributed by atoms with Gasteiger partial charge in [0.1, 0.15) is 0 Å². The number of carboxylic acid groups (broad SMARTS) is 1. The summed E-state index contributed by atoms with van der Waals surface area (Å²) in [6.07, 6.45) is 1.70. The maximum absolute atomic E-state index is 11.0. The Balaban J connectivity index is 2.39. The summed E-state index contributed by atoms with van der Waals surface area (Å²) in [5.41, 5.74) is 0. The lowest BCUT2D eigenvalue weighted by atomic mass is 10.0. The predicted octanol–water partition coefficient (Wildman–Crippen LogP) is 1.78. The molecule has 2 aromatic rings. The molecule has 0 radical (unpaired) electrons. The summed E-state index contributed by atoms with van der Waals surface area (Å²) < 4.78 is 1.59. The molecule has 102 valence electrons. The molecule has 8 heteroatoms. The van der Waals surface area contributed by atoms with E-state index in [2.05, 4.69) is 20.5 Å². The van der Waals surface area contributed by atoms with E-state index in [0.29, 0.717) is 5.82 Å². The molecule has 7 nitrogen and oxygen atoms in total. The molecule has 0 aliphatic carbocycles. The number of aromatic nitrogens is 5. The largest absolute Gasteiger partial charge is 0.481 e. The molecular weight excluding hydrogens is 266 g/mol. The fraction of sp³-hybridized carbons (Fsp3) is 0.545. The standard InChI is InChI=1S/C11H15N5O2S/c1-6(2)8(4-10(17)18)16-11(13-14-15-16)9-5-12-7(3)19-9/h5-6,8H,4H2,1-3H3,(H,17,18). The lowest BCUT2D eigenvalue weighted by Crippen LogP contribution is -2.21. The molecule has 19 heavy (non-hydrogen) atoms. The summed E-state index contributed by atoms with van der Waals surface area (Å²) >= 11 is 1.49. The number of carboxylic acids is 1. The van der Waals surface area contributed by atoms with Gasteiger partial charge in [0.2, 0.25) is 0 Å². The Kier molecular flexibility index (Phi) is 3.89. The summed E-state index contributed by atoms with van der Waals surface area (Å²) in [6.45, 7) is 5.81. The molecule has 2 rings (SSSR count). The smallest absolute Gasteiger partial charge is 0.305 e. The third-order valence-corrected chi connectivity index (χ3v) is 3.71. The Hall–Kier alpha value is -1.83. The molecule has 0 amide bonds. The van der Waals surface area contributed by atoms with Crippen LogP contribution in [0.5, 0.6) is 0 Å². The van der Waals surface area contributed by atoms with Crippen molar-refractivity contribution in [3.63, 3.8) is 0 Å². The molecule has 0 spiro atoms. The van der Waals surface area contributed by atoms with Gasteiger partial charge in [-0.3, -0.25) is 4.79 Å². The van der Waals surface area contributed by atoms with Gasteiger partial charge in [0.25, 0.3) is 0 Å². The lowest BCUT2D eigenvalue weighted by molar-refractivity contribution is -0.138. The van der Waals surface area contributed by atoms with Gasteiger partial charge in [-0.1, -0.05) is 13.8 Å². The third-order valence-electron chi connectivity index (χ3n) is 2.80. The van der Waals surface area contributed by atoms with Gasteiger partial charge in [-0.05, 0) is 23.3 Å². The number of nitrogens with zero attached hydrogens (tertiary/aromatic N) is 5. The van der Waals surface area contributed by atoms with E-state index in [0.717, 1.165) is 9.88 Å². The van der Waals surface area contributed by atoms with Crippen molar-refractivity contribution in [2.24, 2.45) is 5.92 Å². The zero-order valence-electron chi connectivity index (χ0n) is 10.9. The summed E-state index contributed by atoms with van der Waals surface area (Å²) in [7, 11) is 0. The first-order chi connectivity index (χ1) is 8.99. The number of aryl methyl sites for hydroxylation is 1. The van der Waals surface area contributed by atoms with Crippen LogP contribution in [0.1, 0.15) is 31.3 Å². The molecule has 1 unspecified atom stereocenters. The minimum Gasteiger partial charge on any atom is -0.481 e. The van der Waals surface area contributed by atoms with Gasteiger partial charge < -0.3 is 5.11 Å². The fourth-order valence-electron chi connectivity index (χ4n) is 1.83. The number of hydrogen-bond donors (Lipinski definition) is 1. The van der Waals surface area contributed by atoms with Crippen molar-refractivity contribution in [3.8, 4) is 10.7 Å². The SMILES string of the molecule is Cc1ncc(-c2nnnn2C(CC(=O)O)C(C)C)s1. The molecule has 1 N–H and O–H groups in total. The fourth-order valence-corrected chi connectivity index (χ4v) is 2.58. The monoisotopic (exact) mass is 281 g/mol. The van der Waals surface area contributed by atoms with Gasteiger partial charge in [-0.25, -0.2) is 9.67 Å². The maximum atomic E-state index is 11.0. The van der Waals surface area contributed by atoms with Crippen LogP contribution in [0.3, 0.4) is 0 Å². The van der Waals surface area contributed by atoms with E-state index in [9.17, 15) is 4.79 Å². The highest BCUT2D eigenvalue weighted by molar-refractivity contribution is 7.14. The first-order valence-corrected chi connectivity index (χ1v) is 6.73. The Morgan fingerprint density at radius 3 is 2.79 bits per heavy atom. The maximum Gasteiger partial charge on any atom is 0.305 e. The van der Waals surface area contributed by atoms with Crippen LogP contribution in [0, 0.1) is 12.8 Å². The van der Waals surface area contributed by atoms with E-state index >= 15 is 0 Å². The minimum absolute atomic E-state index is 0.00646. The lowest BCUT2D eigenvalue weighted by Gasteiger charge is -2.19. The van der Waals surface area contributed by atoms with E-state index in [1.54, 1.807) is 10.9 Å². The van der Waals surface area contributed by atoms with Crippen molar-refractivity contribution in [2.45, 2.75) is 33.2 Å². The van der Waals surface area contributed by atoms with Crippen LogP contribution < -0.4 is 0 Å². The first kappa shape index (κ1) is 13.6. The van der Waals surface area contributed by atoms with Crippen LogP contribution >= 0.6 is 11.3 Å². The van der Waals surface area contributed by atoms with E-state index in [1.807, 2.05) is 20.8 Å². The molecule has 0 saturated heterocycles. The number of rotatable bonds is 5. The quantitative estimate of drug-likeness (QED) is 0.897. The second-order valence-corrected chi connectivity index (χ2v) is 5.83. The molecule has 0 aromatic carbocycles. The predicted molar refractivity (Wildman–Crippen MR) is 69.8 cm³/mol. The highest BCUT2D eigenvalue weighted by Crippen LogP contribution is 2.29. The van der Waals surface area contributed by atoms with Gasteiger partial charge >= 0.3 is 5.97 Å². The van der Waals surface area contributed by atoms with Crippen molar-refractivity contribution in [1.29, 1.82) is 0 Å². The second-order valence-electron chi connectivity index (χ2n) is 4.60. The van der Waals surface area contributed by atoms with Crippen molar-refractivity contribution >= 4 is 17.3 Å². The number of hydrogen-bond acceptors (Lipinski definition) is 6. The van der Waals surface area contributed by atoms with Crippen molar-refractivity contribution in [2.75, 3.05) is 0 Å². The molecule has 2 aromatic heterocycles. The van der Waals surface area contributed by atoms with Crippen LogP contribution in [0.2, 0.25) is 0 Å². The Morgan fingerprint density at radius 2 is 2.26 bits per heavy atom. The van der Waals surface area contributed by atoms with Crippen LogP contribution in [0.15, 0.2) is 6.20 Å². The summed E-state index contributed by atoms with van der Waals surface area (Å²) in [6, 6.07) is -0.273. The Bertz CT molecular complexity index is 577. The summed E-state index contributed by atoms with van der Waals surface area (Å²) in [4.78, 5) is 16.0. The van der Waals surface area contributed by atoms with E-state index in [-0.39, 0.29) is 18.4 Å². The molecule has 0 fully saturated rings. The second kappa shape index (κ2) is 5.43. The zero-order chi connectivity index (χ0) is 14.0. The average molecular weight is 281 g/mol. The molecule has 0 saturated carbocycles. The van der Waals surface area contributed by atoms with Crippen molar-refractivity contribution in [3.05, 3.63) is 11.2 Å². The third kappa shape index (κ3) is 2.95. The minimum atomic E-state index is -0.861. The van der Waals surface area contributed by atoms with Crippen molar-refractivity contribution < 1.29 is 9.90 Å². The first-order valence-electron chi connectivity index (χ1n) is 5.91. The van der Waals surface area contributed by atoms with Crippen LogP contribution in [-0.4, -0.2) is 36.3 Å². The molecule has 0 aliphatic heterocycles. The number of tetrazole rings is 1. The molecule has 1 atom stereocenters. The highest BCUT2D eigenvalue weighted by Gasteiger charge is 2.24. The average Bonchev–Trinajstić information content (AvgIpc) is 2.93. The van der Waals surface area contributed by atoms with E-state index in [4.69, 9.17) is 5.11 Å². The van der Waals surface area contributed by atoms with Gasteiger partial charge in [0.05, 0.1) is 22.3 Å². The number of aliphatic carboxylic acids is 1. The normalized spacial score (nSPS) is 12.8. The molecular formula is C11H15N5O2S.